The van der Waals surface area contributed by atoms with Gasteiger partial charge in [0.15, 0.2) is 0 Å². The quantitative estimate of drug-likeness (QED) is 0.886. The summed E-state index contributed by atoms with van der Waals surface area (Å²) in [5.41, 5.74) is 4.73. The smallest absolute Gasteiger partial charge is 0.248 e. The van der Waals surface area contributed by atoms with Crippen molar-refractivity contribution in [3.8, 4) is 5.75 Å². The summed E-state index contributed by atoms with van der Waals surface area (Å²) in [5, 5.41) is 7.17. The second kappa shape index (κ2) is 5.67. The maximum absolute atomic E-state index is 12.1. The fourth-order valence-corrected chi connectivity index (χ4v) is 2.60. The zero-order valence-electron chi connectivity index (χ0n) is 13.0. The van der Waals surface area contributed by atoms with Gasteiger partial charge >= 0.3 is 0 Å². The molecule has 2 heterocycles. The van der Waals surface area contributed by atoms with Crippen molar-refractivity contribution in [1.82, 2.24) is 9.78 Å². The third-order valence-electron chi connectivity index (χ3n) is 3.90. The highest BCUT2D eigenvalue weighted by Gasteiger charge is 2.12. The molecule has 1 aromatic heterocycles. The number of fused-ring (bicyclic) bond motifs is 1. The molecule has 114 valence electrons. The third kappa shape index (κ3) is 2.74. The van der Waals surface area contributed by atoms with Crippen molar-refractivity contribution >= 4 is 17.7 Å². The Morgan fingerprint density at radius 3 is 2.95 bits per heavy atom. The average Bonchev–Trinajstić information content (AvgIpc) is 3.05. The number of benzene rings is 1. The van der Waals surface area contributed by atoms with Gasteiger partial charge in [0.2, 0.25) is 5.91 Å². The van der Waals surface area contributed by atoms with Crippen LogP contribution in [-0.4, -0.2) is 22.3 Å². The second-order valence-corrected chi connectivity index (χ2v) is 5.46. The molecular weight excluding hydrogens is 278 g/mol. The summed E-state index contributed by atoms with van der Waals surface area (Å²) in [6.07, 6.45) is 4.29. The largest absolute Gasteiger partial charge is 0.493 e. The molecule has 0 atom stereocenters. The van der Waals surface area contributed by atoms with Gasteiger partial charge in [-0.05, 0) is 43.2 Å². The Morgan fingerprint density at radius 2 is 2.23 bits per heavy atom. The number of ether oxygens (including phenoxy) is 1. The highest BCUT2D eigenvalue weighted by Crippen LogP contribution is 2.26. The van der Waals surface area contributed by atoms with Crippen molar-refractivity contribution in [3.05, 3.63) is 46.8 Å². The van der Waals surface area contributed by atoms with Crippen molar-refractivity contribution in [2.24, 2.45) is 7.05 Å². The number of aromatic nitrogens is 2. The Labute approximate surface area is 129 Å². The molecule has 22 heavy (non-hydrogen) atoms. The number of hydrogen-bond donors (Lipinski definition) is 1. The molecule has 0 saturated heterocycles. The molecule has 5 heteroatoms. The number of anilines is 1. The zero-order chi connectivity index (χ0) is 15.7. The standard InChI is InChI=1S/C17H19N3O2/c1-11-17(12(2)20(3)19-11)18-16(21)7-5-13-4-6-15-14(10-13)8-9-22-15/h4-7,10H,8-9H2,1-3H3,(H,18,21)/b7-5+. The highest BCUT2D eigenvalue weighted by atomic mass is 16.5. The van der Waals surface area contributed by atoms with Gasteiger partial charge in [-0.3, -0.25) is 9.48 Å². The van der Waals surface area contributed by atoms with E-state index in [4.69, 9.17) is 4.74 Å². The molecule has 0 bridgehead atoms. The summed E-state index contributed by atoms with van der Waals surface area (Å²) in [6, 6.07) is 5.97. The van der Waals surface area contributed by atoms with E-state index in [9.17, 15) is 4.79 Å². The summed E-state index contributed by atoms with van der Waals surface area (Å²) in [6.45, 7) is 4.55. The van der Waals surface area contributed by atoms with Crippen LogP contribution in [0.4, 0.5) is 5.69 Å². The van der Waals surface area contributed by atoms with E-state index in [0.29, 0.717) is 0 Å². The van der Waals surface area contributed by atoms with Gasteiger partial charge in [-0.2, -0.15) is 5.10 Å². The first kappa shape index (κ1) is 14.4. The molecule has 0 spiro atoms. The van der Waals surface area contributed by atoms with Crippen molar-refractivity contribution < 1.29 is 9.53 Å². The Kier molecular flexibility index (Phi) is 3.71. The number of hydrogen-bond acceptors (Lipinski definition) is 3. The molecule has 1 aromatic carbocycles. The van der Waals surface area contributed by atoms with Gasteiger partial charge in [-0.1, -0.05) is 6.07 Å². The summed E-state index contributed by atoms with van der Waals surface area (Å²) in [7, 11) is 1.86. The SMILES string of the molecule is Cc1nn(C)c(C)c1NC(=O)/C=C/c1ccc2c(c1)CCO2. The molecule has 5 nitrogen and oxygen atoms in total. The lowest BCUT2D eigenvalue weighted by Crippen LogP contribution is -2.09. The molecule has 1 N–H and O–H groups in total. The van der Waals surface area contributed by atoms with Crippen molar-refractivity contribution in [1.29, 1.82) is 0 Å². The van der Waals surface area contributed by atoms with Crippen LogP contribution in [0.1, 0.15) is 22.5 Å². The fraction of sp³-hybridized carbons (Fsp3) is 0.294. The average molecular weight is 297 g/mol. The predicted molar refractivity (Wildman–Crippen MR) is 86.0 cm³/mol. The van der Waals surface area contributed by atoms with Gasteiger partial charge in [0.1, 0.15) is 5.75 Å². The van der Waals surface area contributed by atoms with E-state index < -0.39 is 0 Å². The minimum absolute atomic E-state index is 0.157. The predicted octanol–water partition coefficient (Wildman–Crippen LogP) is 2.62. The number of nitrogens with one attached hydrogen (secondary N) is 1. The summed E-state index contributed by atoms with van der Waals surface area (Å²) in [4.78, 5) is 12.1. The van der Waals surface area contributed by atoms with Crippen molar-refractivity contribution in [2.75, 3.05) is 11.9 Å². The Bertz CT molecular complexity index is 760. The van der Waals surface area contributed by atoms with Crippen LogP contribution in [0.2, 0.25) is 0 Å². The van der Waals surface area contributed by atoms with Gasteiger partial charge in [-0.15, -0.1) is 0 Å². The lowest BCUT2D eigenvalue weighted by atomic mass is 10.1. The van der Waals surface area contributed by atoms with Crippen LogP contribution in [0.3, 0.4) is 0 Å². The molecule has 0 radical (unpaired) electrons. The van der Waals surface area contributed by atoms with Gasteiger partial charge in [0.05, 0.1) is 23.7 Å². The Hall–Kier alpha value is -2.56. The van der Waals surface area contributed by atoms with Crippen LogP contribution < -0.4 is 10.1 Å². The van der Waals surface area contributed by atoms with Gasteiger partial charge in [-0.25, -0.2) is 0 Å². The highest BCUT2D eigenvalue weighted by molar-refractivity contribution is 6.02. The van der Waals surface area contributed by atoms with Crippen LogP contribution in [0.15, 0.2) is 24.3 Å². The van der Waals surface area contributed by atoms with Gasteiger partial charge in [0.25, 0.3) is 0 Å². The normalized spacial score (nSPS) is 13.2. The number of rotatable bonds is 3. The number of nitrogens with zero attached hydrogens (tertiary/aromatic N) is 2. The Balaban J connectivity index is 1.71. The molecule has 2 aromatic rings. The summed E-state index contributed by atoms with van der Waals surface area (Å²) in [5.74, 6) is 0.791. The van der Waals surface area contributed by atoms with E-state index >= 15 is 0 Å². The molecule has 1 aliphatic heterocycles. The van der Waals surface area contributed by atoms with Crippen LogP contribution in [-0.2, 0) is 18.3 Å². The van der Waals surface area contributed by atoms with Crippen molar-refractivity contribution in [3.63, 3.8) is 0 Å². The summed E-state index contributed by atoms with van der Waals surface area (Å²) < 4.78 is 7.23. The molecule has 0 fully saturated rings. The number of aryl methyl sites for hydroxylation is 2. The lowest BCUT2D eigenvalue weighted by Gasteiger charge is -2.03. The van der Waals surface area contributed by atoms with E-state index in [1.165, 1.54) is 5.56 Å². The fourth-order valence-electron chi connectivity index (χ4n) is 2.60. The number of amides is 1. The number of carbonyl (C=O) groups excluding carboxylic acids is 1. The zero-order valence-corrected chi connectivity index (χ0v) is 13.0. The first-order chi connectivity index (χ1) is 10.5. The van der Waals surface area contributed by atoms with Gasteiger partial charge < -0.3 is 10.1 Å². The minimum Gasteiger partial charge on any atom is -0.493 e. The van der Waals surface area contributed by atoms with E-state index in [1.54, 1.807) is 10.8 Å². The van der Waals surface area contributed by atoms with E-state index in [0.717, 1.165) is 41.4 Å². The number of carbonyl (C=O) groups is 1. The van der Waals surface area contributed by atoms with E-state index in [1.807, 2.05) is 39.1 Å². The molecule has 0 unspecified atom stereocenters. The first-order valence-corrected chi connectivity index (χ1v) is 7.29. The first-order valence-electron chi connectivity index (χ1n) is 7.29. The van der Waals surface area contributed by atoms with Crippen LogP contribution in [0.25, 0.3) is 6.08 Å². The molecule has 1 aliphatic rings. The van der Waals surface area contributed by atoms with Crippen molar-refractivity contribution in [2.45, 2.75) is 20.3 Å². The minimum atomic E-state index is -0.157. The second-order valence-electron chi connectivity index (χ2n) is 5.46. The molecule has 1 amide bonds. The lowest BCUT2D eigenvalue weighted by molar-refractivity contribution is -0.111. The topological polar surface area (TPSA) is 56.2 Å². The van der Waals surface area contributed by atoms with Crippen LogP contribution in [0, 0.1) is 13.8 Å². The van der Waals surface area contributed by atoms with E-state index in [2.05, 4.69) is 16.5 Å². The molecule has 0 aliphatic carbocycles. The van der Waals surface area contributed by atoms with Crippen LogP contribution >= 0.6 is 0 Å². The molecule has 3 rings (SSSR count). The van der Waals surface area contributed by atoms with Gasteiger partial charge in [0, 0.05) is 19.5 Å². The molecule has 0 saturated carbocycles. The maximum atomic E-state index is 12.1. The maximum Gasteiger partial charge on any atom is 0.248 e. The monoisotopic (exact) mass is 297 g/mol. The van der Waals surface area contributed by atoms with E-state index in [-0.39, 0.29) is 5.91 Å². The summed E-state index contributed by atoms with van der Waals surface area (Å²) >= 11 is 0. The third-order valence-corrected chi connectivity index (χ3v) is 3.90. The van der Waals surface area contributed by atoms with Crippen LogP contribution in [0.5, 0.6) is 5.75 Å². The Morgan fingerprint density at radius 1 is 1.41 bits per heavy atom. The molecular formula is C17H19N3O2.